The van der Waals surface area contributed by atoms with E-state index in [2.05, 4.69) is 21.2 Å². The van der Waals surface area contributed by atoms with Crippen molar-refractivity contribution >= 4 is 27.6 Å². The van der Waals surface area contributed by atoms with Gasteiger partial charge in [-0.2, -0.15) is 0 Å². The van der Waals surface area contributed by atoms with Crippen LogP contribution in [0.4, 0.5) is 0 Å². The highest BCUT2D eigenvalue weighted by atomic mass is 79.9. The van der Waals surface area contributed by atoms with Gasteiger partial charge >= 0.3 is 0 Å². The summed E-state index contributed by atoms with van der Waals surface area (Å²) in [6.45, 7) is 4.15. The number of fused-ring (bicyclic) bond motifs is 1. The number of hydrogen-bond acceptors (Lipinski definition) is 5. The van der Waals surface area contributed by atoms with Crippen molar-refractivity contribution in [2.75, 3.05) is 6.79 Å². The van der Waals surface area contributed by atoms with Crippen LogP contribution < -0.4 is 19.5 Å². The summed E-state index contributed by atoms with van der Waals surface area (Å²) in [6.07, 6.45) is 1.37. The molecule has 2 atom stereocenters. The van der Waals surface area contributed by atoms with Crippen LogP contribution >= 0.6 is 15.9 Å². The van der Waals surface area contributed by atoms with Crippen LogP contribution in [0.25, 0.3) is 0 Å². The predicted octanol–water partition coefficient (Wildman–Crippen LogP) is 4.97. The molecule has 0 radical (unpaired) electrons. The normalized spacial score (nSPS) is 22.1. The fraction of sp³-hybridized carbons (Fsp3) is 0.360. The number of ketones is 1. The fourth-order valence-electron chi connectivity index (χ4n) is 4.75. The second-order valence-electron chi connectivity index (χ2n) is 8.69. The van der Waals surface area contributed by atoms with Gasteiger partial charge in [0.05, 0.1) is 6.10 Å². The van der Waals surface area contributed by atoms with Crippen LogP contribution in [0.1, 0.15) is 56.1 Å². The van der Waals surface area contributed by atoms with Crippen molar-refractivity contribution < 1.29 is 23.8 Å². The maximum atomic E-state index is 13.4. The highest BCUT2D eigenvalue weighted by Crippen LogP contribution is 2.47. The Bertz CT molecular complexity index is 1120. The minimum Gasteiger partial charge on any atom is -0.491 e. The molecule has 0 spiro atoms. The van der Waals surface area contributed by atoms with Crippen LogP contribution in [0.2, 0.25) is 0 Å². The van der Waals surface area contributed by atoms with E-state index in [1.807, 2.05) is 50.2 Å². The van der Waals surface area contributed by atoms with Crippen molar-refractivity contribution in [2.45, 2.75) is 51.0 Å². The molecular weight excluding hydrogens is 474 g/mol. The number of carbonyl (C=O) groups excluding carboxylic acids is 2. The highest BCUT2D eigenvalue weighted by Gasteiger charge is 2.39. The van der Waals surface area contributed by atoms with Crippen LogP contribution in [0.3, 0.4) is 0 Å². The van der Waals surface area contributed by atoms with Crippen molar-refractivity contribution in [1.29, 1.82) is 0 Å². The lowest BCUT2D eigenvalue weighted by Gasteiger charge is -2.35. The second kappa shape index (κ2) is 8.28. The lowest BCUT2D eigenvalue weighted by molar-refractivity contribution is -0.122. The smallest absolute Gasteiger partial charge is 0.231 e. The molecule has 2 aromatic carbocycles. The molecule has 0 aromatic heterocycles. The summed E-state index contributed by atoms with van der Waals surface area (Å²) in [4.78, 5) is 26.0. The van der Waals surface area contributed by atoms with Crippen molar-refractivity contribution in [3.05, 3.63) is 63.3 Å². The molecule has 0 saturated heterocycles. The van der Waals surface area contributed by atoms with Crippen molar-refractivity contribution in [3.63, 3.8) is 0 Å². The first-order valence-corrected chi connectivity index (χ1v) is 11.6. The van der Waals surface area contributed by atoms with Gasteiger partial charge in [-0.25, -0.2) is 0 Å². The Morgan fingerprint density at radius 2 is 1.75 bits per heavy atom. The first-order valence-electron chi connectivity index (χ1n) is 10.8. The molecule has 1 N–H and O–H groups in total. The van der Waals surface area contributed by atoms with Gasteiger partial charge in [0.2, 0.25) is 12.7 Å². The average Bonchev–Trinajstić information content (AvgIpc) is 3.19. The third-order valence-electron chi connectivity index (χ3n) is 6.13. The molecule has 2 aliphatic heterocycles. The van der Waals surface area contributed by atoms with Gasteiger partial charge in [0.15, 0.2) is 17.3 Å². The van der Waals surface area contributed by atoms with E-state index >= 15 is 0 Å². The van der Waals surface area contributed by atoms with Gasteiger partial charge in [-0.3, -0.25) is 9.59 Å². The zero-order valence-electron chi connectivity index (χ0n) is 17.9. The standard InChI is InChI=1S/C25H24BrNO5/c1-13(2)32-16-5-3-14(4-6-16)15-7-20-25(21(28)8-15)18(10-24(29)27-20)17-9-22-23(11-19(17)26)31-12-30-22/h3-6,9,11,13,15,18H,7-8,10,12H2,1-2H3,(H,27,29). The quantitative estimate of drug-likeness (QED) is 0.645. The summed E-state index contributed by atoms with van der Waals surface area (Å²) < 4.78 is 17.5. The summed E-state index contributed by atoms with van der Waals surface area (Å²) in [6, 6.07) is 11.6. The molecule has 2 aromatic rings. The molecule has 1 aliphatic carbocycles. The molecule has 0 fully saturated rings. The van der Waals surface area contributed by atoms with E-state index in [9.17, 15) is 9.59 Å². The third kappa shape index (κ3) is 3.90. The number of ether oxygens (including phenoxy) is 3. The number of Topliss-reactive ketones (excluding diaryl/α,β-unsaturated/α-hetero) is 1. The van der Waals surface area contributed by atoms with Crippen LogP contribution in [0.15, 0.2) is 52.1 Å². The van der Waals surface area contributed by atoms with Gasteiger partial charge in [0, 0.05) is 34.5 Å². The molecule has 32 heavy (non-hydrogen) atoms. The van der Waals surface area contributed by atoms with E-state index in [4.69, 9.17) is 14.2 Å². The monoisotopic (exact) mass is 497 g/mol. The van der Waals surface area contributed by atoms with Crippen molar-refractivity contribution in [2.24, 2.45) is 0 Å². The number of halogens is 1. The molecule has 5 rings (SSSR count). The molecule has 0 saturated carbocycles. The van der Waals surface area contributed by atoms with E-state index < -0.39 is 0 Å². The topological polar surface area (TPSA) is 73.9 Å². The highest BCUT2D eigenvalue weighted by molar-refractivity contribution is 9.10. The molecule has 6 nitrogen and oxygen atoms in total. The van der Waals surface area contributed by atoms with E-state index in [1.54, 1.807) is 0 Å². The Balaban J connectivity index is 1.46. The van der Waals surface area contributed by atoms with Crippen molar-refractivity contribution in [3.8, 4) is 17.2 Å². The van der Waals surface area contributed by atoms with Gasteiger partial charge in [0.25, 0.3) is 0 Å². The third-order valence-corrected chi connectivity index (χ3v) is 6.81. The number of hydrogen-bond donors (Lipinski definition) is 1. The predicted molar refractivity (Wildman–Crippen MR) is 122 cm³/mol. The van der Waals surface area contributed by atoms with Gasteiger partial charge in [-0.15, -0.1) is 0 Å². The minimum absolute atomic E-state index is 0.0218. The molecule has 2 unspecified atom stereocenters. The Kier molecular flexibility index (Phi) is 5.45. The molecule has 2 heterocycles. The molecular formula is C25H24BrNO5. The maximum Gasteiger partial charge on any atom is 0.231 e. The number of allylic oxidation sites excluding steroid dienone is 2. The first-order chi connectivity index (χ1) is 15.4. The van der Waals surface area contributed by atoms with Gasteiger partial charge in [-0.1, -0.05) is 28.1 Å². The summed E-state index contributed by atoms with van der Waals surface area (Å²) in [7, 11) is 0. The number of amides is 1. The molecule has 3 aliphatic rings. The Morgan fingerprint density at radius 1 is 1.03 bits per heavy atom. The summed E-state index contributed by atoms with van der Waals surface area (Å²) in [5.41, 5.74) is 3.39. The Hall–Kier alpha value is -2.80. The van der Waals surface area contributed by atoms with E-state index in [0.29, 0.717) is 29.9 Å². The largest absolute Gasteiger partial charge is 0.491 e. The minimum atomic E-state index is -0.308. The fourth-order valence-corrected chi connectivity index (χ4v) is 5.35. The number of nitrogens with one attached hydrogen (secondary N) is 1. The van der Waals surface area contributed by atoms with E-state index in [0.717, 1.165) is 27.0 Å². The maximum absolute atomic E-state index is 13.4. The molecule has 1 amide bonds. The summed E-state index contributed by atoms with van der Waals surface area (Å²) in [5, 5.41) is 2.98. The second-order valence-corrected chi connectivity index (χ2v) is 9.54. The lowest BCUT2D eigenvalue weighted by Crippen LogP contribution is -2.38. The zero-order chi connectivity index (χ0) is 22.4. The van der Waals surface area contributed by atoms with Gasteiger partial charge in [0.1, 0.15) is 5.75 Å². The van der Waals surface area contributed by atoms with Crippen LogP contribution in [-0.4, -0.2) is 24.6 Å². The van der Waals surface area contributed by atoms with Crippen molar-refractivity contribution in [1.82, 2.24) is 5.32 Å². The average molecular weight is 498 g/mol. The number of carbonyl (C=O) groups is 2. The Morgan fingerprint density at radius 3 is 2.47 bits per heavy atom. The van der Waals surface area contributed by atoms with Gasteiger partial charge < -0.3 is 19.5 Å². The molecule has 166 valence electrons. The SMILES string of the molecule is CC(C)Oc1ccc(C2CC(=O)C3=C(C2)NC(=O)CC3c2cc3c(cc2Br)OCO3)cc1. The van der Waals surface area contributed by atoms with E-state index in [-0.39, 0.29) is 42.8 Å². The van der Waals surface area contributed by atoms with Crippen LogP contribution in [-0.2, 0) is 9.59 Å². The van der Waals surface area contributed by atoms with Gasteiger partial charge in [-0.05, 0) is 61.6 Å². The van der Waals surface area contributed by atoms with Crippen LogP contribution in [0.5, 0.6) is 17.2 Å². The first kappa shape index (κ1) is 21.1. The Labute approximate surface area is 195 Å². The lowest BCUT2D eigenvalue weighted by atomic mass is 9.73. The van der Waals surface area contributed by atoms with Crippen LogP contribution in [0, 0.1) is 0 Å². The summed E-state index contributed by atoms with van der Waals surface area (Å²) in [5.74, 6) is 1.83. The zero-order valence-corrected chi connectivity index (χ0v) is 19.5. The molecule has 7 heteroatoms. The summed E-state index contributed by atoms with van der Waals surface area (Å²) >= 11 is 3.60. The van der Waals surface area contributed by atoms with E-state index in [1.165, 1.54) is 0 Å². The number of rotatable bonds is 4. The molecule has 0 bridgehead atoms. The number of benzene rings is 2.